The van der Waals surface area contributed by atoms with Gasteiger partial charge in [-0.15, -0.1) is 0 Å². The summed E-state index contributed by atoms with van der Waals surface area (Å²) in [5.74, 6) is -1.48. The first-order valence-corrected chi connectivity index (χ1v) is 13.8. The van der Waals surface area contributed by atoms with Gasteiger partial charge in [-0.05, 0) is 55.3 Å². The molecular weight excluding hydrogens is 525 g/mol. The lowest BCUT2D eigenvalue weighted by Crippen LogP contribution is -2.74. The molecule has 2 aliphatic rings. The van der Waals surface area contributed by atoms with E-state index in [0.29, 0.717) is 11.3 Å². The first kappa shape index (κ1) is 26.4. The molecule has 10 nitrogen and oxygen atoms in total. The lowest BCUT2D eigenvalue weighted by Gasteiger charge is -2.53. The zero-order valence-corrected chi connectivity index (χ0v) is 22.1. The molecule has 5 rings (SSSR count). The Bertz CT molecular complexity index is 1620. The molecule has 1 aromatic heterocycles. The lowest BCUT2D eigenvalue weighted by molar-refractivity contribution is -0.384. The first-order valence-electron chi connectivity index (χ1n) is 12.2. The monoisotopic (exact) mass is 551 g/mol. The van der Waals surface area contributed by atoms with E-state index < -0.39 is 36.6 Å². The normalized spacial score (nSPS) is 21.2. The van der Waals surface area contributed by atoms with E-state index >= 15 is 4.39 Å². The van der Waals surface area contributed by atoms with Crippen molar-refractivity contribution in [3.05, 3.63) is 99.1 Å². The standard InChI is InChI=1S/C27H26FN5O5S/c1-17-3-10-23(30-13-17)24(34)12-18-4-9-22(28)21(11-18)26(2)16-39(37,38)27(25(29)31-26)14-32(15-27)19-5-7-20(8-6-19)33(35)36/h3-11,13H,12,14-16H2,1-2H3,(H2,29,31)/t26-/m0/s1. The third kappa shape index (κ3) is 4.54. The summed E-state index contributed by atoms with van der Waals surface area (Å²) in [6, 6.07) is 13.3. The Morgan fingerprint density at radius 3 is 2.44 bits per heavy atom. The van der Waals surface area contributed by atoms with Gasteiger partial charge in [-0.1, -0.05) is 12.1 Å². The third-order valence-electron chi connectivity index (χ3n) is 7.39. The summed E-state index contributed by atoms with van der Waals surface area (Å²) in [6.45, 7) is 3.43. The van der Waals surface area contributed by atoms with Gasteiger partial charge in [0.25, 0.3) is 5.69 Å². The second-order valence-corrected chi connectivity index (χ2v) is 12.6. The fraction of sp³-hybridized carbons (Fsp3) is 0.296. The Balaban J connectivity index is 1.41. The second kappa shape index (κ2) is 9.23. The molecule has 1 atom stereocenters. The summed E-state index contributed by atoms with van der Waals surface area (Å²) in [4.78, 5) is 33.6. The second-order valence-electron chi connectivity index (χ2n) is 10.3. The van der Waals surface area contributed by atoms with Crippen LogP contribution in [-0.4, -0.2) is 53.5 Å². The van der Waals surface area contributed by atoms with Crippen LogP contribution in [-0.2, 0) is 21.8 Å². The number of pyridine rings is 1. The lowest BCUT2D eigenvalue weighted by atomic mass is 9.89. The molecule has 0 radical (unpaired) electrons. The number of aliphatic imine (C=N–C) groups is 1. The van der Waals surface area contributed by atoms with Gasteiger partial charge in [0.2, 0.25) is 0 Å². The Hall–Kier alpha value is -4.19. The highest BCUT2D eigenvalue weighted by Gasteiger charge is 2.61. The van der Waals surface area contributed by atoms with Gasteiger partial charge in [0.1, 0.15) is 22.9 Å². The predicted octanol–water partition coefficient (Wildman–Crippen LogP) is 3.12. The number of halogens is 1. The molecule has 2 aliphatic heterocycles. The fourth-order valence-corrected chi connectivity index (χ4v) is 7.41. The van der Waals surface area contributed by atoms with Gasteiger partial charge in [-0.2, -0.15) is 0 Å². The molecule has 2 N–H and O–H groups in total. The molecule has 0 amide bonds. The molecular formula is C27H26FN5O5S. The predicted molar refractivity (Wildman–Crippen MR) is 144 cm³/mol. The van der Waals surface area contributed by atoms with Crippen molar-refractivity contribution < 1.29 is 22.5 Å². The molecule has 202 valence electrons. The van der Waals surface area contributed by atoms with E-state index in [0.717, 1.165) is 5.56 Å². The van der Waals surface area contributed by atoms with Crippen LogP contribution in [0.3, 0.4) is 0 Å². The number of rotatable bonds is 6. The van der Waals surface area contributed by atoms with Crippen LogP contribution in [0, 0.1) is 22.9 Å². The number of ketones is 1. The highest BCUT2D eigenvalue weighted by Crippen LogP contribution is 2.43. The van der Waals surface area contributed by atoms with Gasteiger partial charge in [0.15, 0.2) is 20.4 Å². The minimum Gasteiger partial charge on any atom is -0.386 e. The number of Topliss-reactive ketones (excluding diaryl/α,β-unsaturated/α-hetero) is 1. The molecule has 0 bridgehead atoms. The van der Waals surface area contributed by atoms with Crippen molar-refractivity contribution >= 4 is 32.8 Å². The summed E-state index contributed by atoms with van der Waals surface area (Å²) >= 11 is 0. The van der Waals surface area contributed by atoms with E-state index in [4.69, 9.17) is 5.73 Å². The van der Waals surface area contributed by atoms with Crippen molar-refractivity contribution in [1.82, 2.24) is 4.98 Å². The van der Waals surface area contributed by atoms with Crippen LogP contribution >= 0.6 is 0 Å². The van der Waals surface area contributed by atoms with Crippen molar-refractivity contribution in [3.63, 3.8) is 0 Å². The average molecular weight is 552 g/mol. The van der Waals surface area contributed by atoms with Gasteiger partial charge in [0.05, 0.1) is 10.7 Å². The third-order valence-corrected chi connectivity index (χ3v) is 9.99. The molecule has 1 fully saturated rings. The topological polar surface area (TPSA) is 149 Å². The largest absolute Gasteiger partial charge is 0.386 e. The first-order chi connectivity index (χ1) is 18.3. The van der Waals surface area contributed by atoms with Crippen LogP contribution in [0.2, 0.25) is 0 Å². The maximum Gasteiger partial charge on any atom is 0.269 e. The van der Waals surface area contributed by atoms with E-state index in [2.05, 4.69) is 9.98 Å². The van der Waals surface area contributed by atoms with Crippen LogP contribution < -0.4 is 10.6 Å². The summed E-state index contributed by atoms with van der Waals surface area (Å²) < 4.78 is 40.9. The summed E-state index contributed by atoms with van der Waals surface area (Å²) in [5.41, 5.74) is 7.08. The maximum atomic E-state index is 15.1. The highest BCUT2D eigenvalue weighted by atomic mass is 32.2. The zero-order chi connectivity index (χ0) is 28.2. The molecule has 39 heavy (non-hydrogen) atoms. The Morgan fingerprint density at radius 2 is 1.85 bits per heavy atom. The molecule has 1 saturated heterocycles. The quantitative estimate of drug-likeness (QED) is 0.279. The number of anilines is 1. The number of benzene rings is 2. The number of carbonyl (C=O) groups is 1. The van der Waals surface area contributed by atoms with E-state index in [1.165, 1.54) is 37.3 Å². The van der Waals surface area contributed by atoms with Gasteiger partial charge in [0, 0.05) is 49.1 Å². The number of nitrogens with zero attached hydrogens (tertiary/aromatic N) is 4. The minimum absolute atomic E-state index is 0.0269. The van der Waals surface area contributed by atoms with Gasteiger partial charge in [-0.3, -0.25) is 24.9 Å². The molecule has 3 aromatic rings. The van der Waals surface area contributed by atoms with Crippen molar-refractivity contribution in [2.75, 3.05) is 23.7 Å². The molecule has 0 saturated carbocycles. The van der Waals surface area contributed by atoms with Crippen molar-refractivity contribution in [2.45, 2.75) is 30.6 Å². The summed E-state index contributed by atoms with van der Waals surface area (Å²) in [5, 5.41) is 10.9. The number of sulfone groups is 1. The number of nitro groups is 1. The van der Waals surface area contributed by atoms with Crippen molar-refractivity contribution in [1.29, 1.82) is 0 Å². The molecule has 3 heterocycles. The zero-order valence-electron chi connectivity index (χ0n) is 21.3. The van der Waals surface area contributed by atoms with Gasteiger partial charge < -0.3 is 10.6 Å². The fourth-order valence-electron chi connectivity index (χ4n) is 5.11. The Labute approximate surface area is 224 Å². The van der Waals surface area contributed by atoms with E-state index in [1.807, 2.05) is 6.92 Å². The number of aromatic nitrogens is 1. The summed E-state index contributed by atoms with van der Waals surface area (Å²) in [6.07, 6.45) is 1.55. The van der Waals surface area contributed by atoms with Crippen LogP contribution in [0.15, 0.2) is 65.8 Å². The molecule has 0 aliphatic carbocycles. The molecule has 1 spiro atoms. The number of carbonyl (C=O) groups excluding carboxylic acids is 1. The van der Waals surface area contributed by atoms with Gasteiger partial charge >= 0.3 is 0 Å². The van der Waals surface area contributed by atoms with Crippen LogP contribution in [0.1, 0.15) is 34.1 Å². The van der Waals surface area contributed by atoms with Crippen LogP contribution in [0.4, 0.5) is 15.8 Å². The number of amidine groups is 1. The van der Waals surface area contributed by atoms with Crippen molar-refractivity contribution in [3.8, 4) is 0 Å². The number of aryl methyl sites for hydroxylation is 1. The maximum absolute atomic E-state index is 15.1. The number of nitro benzene ring substituents is 1. The van der Waals surface area contributed by atoms with Crippen LogP contribution in [0.25, 0.3) is 0 Å². The van der Waals surface area contributed by atoms with Gasteiger partial charge in [-0.25, -0.2) is 12.8 Å². The Kier molecular flexibility index (Phi) is 6.25. The smallest absolute Gasteiger partial charge is 0.269 e. The minimum atomic E-state index is -3.90. The molecule has 2 aromatic carbocycles. The van der Waals surface area contributed by atoms with E-state index in [9.17, 15) is 23.3 Å². The number of hydrogen-bond acceptors (Lipinski definition) is 9. The molecule has 0 unspecified atom stereocenters. The SMILES string of the molecule is Cc1ccc(C(=O)Cc2ccc(F)c([C@]3(C)CS(=O)(=O)C4(CN(c5ccc([N+](=O)[O-])cc5)C4)C(N)=N3)c2)nc1. The highest BCUT2D eigenvalue weighted by molar-refractivity contribution is 7.93. The molecule has 12 heteroatoms. The number of nitrogens with two attached hydrogens (primary N) is 1. The van der Waals surface area contributed by atoms with Crippen LogP contribution in [0.5, 0.6) is 0 Å². The number of non-ortho nitro benzene ring substituents is 1. The van der Waals surface area contributed by atoms with Crippen molar-refractivity contribution in [2.24, 2.45) is 10.7 Å². The van der Waals surface area contributed by atoms with E-state index in [-0.39, 0.29) is 48.1 Å². The van der Waals surface area contributed by atoms with E-state index in [1.54, 1.807) is 35.4 Å². The average Bonchev–Trinajstić information content (AvgIpc) is 2.84. The number of hydrogen-bond donors (Lipinski definition) is 1. The summed E-state index contributed by atoms with van der Waals surface area (Å²) in [7, 11) is -3.90. The Morgan fingerprint density at radius 1 is 1.15 bits per heavy atom.